The third kappa shape index (κ3) is 3.68. The van der Waals surface area contributed by atoms with Crippen LogP contribution in [0.15, 0.2) is 42.5 Å². The van der Waals surface area contributed by atoms with Crippen molar-refractivity contribution < 1.29 is 9.53 Å². The maximum absolute atomic E-state index is 12.8. The Morgan fingerprint density at radius 1 is 1.17 bits per heavy atom. The van der Waals surface area contributed by atoms with Gasteiger partial charge in [-0.15, -0.1) is 0 Å². The monoisotopic (exact) mass is 325 g/mol. The Morgan fingerprint density at radius 2 is 2.00 bits per heavy atom. The van der Waals surface area contributed by atoms with Crippen molar-refractivity contribution in [2.24, 2.45) is 0 Å². The maximum Gasteiger partial charge on any atom is 0.196 e. The van der Waals surface area contributed by atoms with Crippen LogP contribution in [0.1, 0.15) is 35.2 Å². The van der Waals surface area contributed by atoms with E-state index in [1.807, 2.05) is 18.2 Å². The molecule has 0 radical (unpaired) electrons. The first-order chi connectivity index (χ1) is 11.6. The van der Waals surface area contributed by atoms with Gasteiger partial charge in [0.2, 0.25) is 0 Å². The molecule has 5 nitrogen and oxygen atoms in total. The molecular formula is C19H23N3O2. The minimum Gasteiger partial charge on any atom is -0.493 e. The average Bonchev–Trinajstić information content (AvgIpc) is 3.11. The summed E-state index contributed by atoms with van der Waals surface area (Å²) < 4.78 is 5.88. The van der Waals surface area contributed by atoms with Gasteiger partial charge < -0.3 is 21.5 Å². The third-order valence-electron chi connectivity index (χ3n) is 4.37. The van der Waals surface area contributed by atoms with Gasteiger partial charge in [-0.3, -0.25) is 4.79 Å². The van der Waals surface area contributed by atoms with Crippen molar-refractivity contribution in [2.45, 2.75) is 25.3 Å². The van der Waals surface area contributed by atoms with E-state index in [9.17, 15) is 4.79 Å². The number of nitrogens with two attached hydrogens (primary N) is 2. The SMILES string of the molecule is Nc1ccc(C(=O)c2ccccc2OCCC2CCCN2)cc1N. The fourth-order valence-electron chi connectivity index (χ4n) is 2.97. The first-order valence-electron chi connectivity index (χ1n) is 8.30. The molecule has 0 spiro atoms. The lowest BCUT2D eigenvalue weighted by Gasteiger charge is -2.14. The molecular weight excluding hydrogens is 302 g/mol. The van der Waals surface area contributed by atoms with Crippen LogP contribution in [0.3, 0.4) is 0 Å². The van der Waals surface area contributed by atoms with Crippen molar-refractivity contribution in [1.29, 1.82) is 0 Å². The summed E-state index contributed by atoms with van der Waals surface area (Å²) in [7, 11) is 0. The molecule has 0 bridgehead atoms. The van der Waals surface area contributed by atoms with Gasteiger partial charge in [-0.1, -0.05) is 12.1 Å². The van der Waals surface area contributed by atoms with Crippen LogP contribution in [0.4, 0.5) is 11.4 Å². The van der Waals surface area contributed by atoms with Crippen LogP contribution in [0, 0.1) is 0 Å². The summed E-state index contributed by atoms with van der Waals surface area (Å²) in [4.78, 5) is 12.8. The van der Waals surface area contributed by atoms with Crippen molar-refractivity contribution in [1.82, 2.24) is 5.32 Å². The van der Waals surface area contributed by atoms with E-state index in [4.69, 9.17) is 16.2 Å². The summed E-state index contributed by atoms with van der Waals surface area (Å²) in [6.07, 6.45) is 3.35. The zero-order chi connectivity index (χ0) is 16.9. The van der Waals surface area contributed by atoms with Gasteiger partial charge in [-0.05, 0) is 56.1 Å². The highest BCUT2D eigenvalue weighted by molar-refractivity contribution is 6.11. The zero-order valence-corrected chi connectivity index (χ0v) is 13.6. The zero-order valence-electron chi connectivity index (χ0n) is 13.6. The fraction of sp³-hybridized carbons (Fsp3) is 0.316. The van der Waals surface area contributed by atoms with Crippen molar-refractivity contribution in [3.05, 3.63) is 53.6 Å². The highest BCUT2D eigenvalue weighted by Gasteiger charge is 2.17. The van der Waals surface area contributed by atoms with Gasteiger partial charge in [0, 0.05) is 11.6 Å². The molecule has 126 valence electrons. The van der Waals surface area contributed by atoms with E-state index in [2.05, 4.69) is 5.32 Å². The number of carbonyl (C=O) groups excluding carboxylic acids is 1. The molecule has 0 saturated carbocycles. The van der Waals surface area contributed by atoms with E-state index in [1.54, 1.807) is 24.3 Å². The second kappa shape index (κ2) is 7.36. The number of rotatable bonds is 6. The van der Waals surface area contributed by atoms with E-state index in [0.717, 1.165) is 13.0 Å². The van der Waals surface area contributed by atoms with Gasteiger partial charge in [0.25, 0.3) is 0 Å². The highest BCUT2D eigenvalue weighted by atomic mass is 16.5. The minimum absolute atomic E-state index is 0.115. The summed E-state index contributed by atoms with van der Waals surface area (Å²) in [5, 5.41) is 3.44. The molecule has 1 fully saturated rings. The van der Waals surface area contributed by atoms with Gasteiger partial charge >= 0.3 is 0 Å². The predicted octanol–water partition coefficient (Wildman–Crippen LogP) is 2.60. The molecule has 0 aliphatic carbocycles. The second-order valence-electron chi connectivity index (χ2n) is 6.10. The number of para-hydroxylation sites is 1. The van der Waals surface area contributed by atoms with Crippen molar-refractivity contribution in [2.75, 3.05) is 24.6 Å². The Morgan fingerprint density at radius 3 is 2.75 bits per heavy atom. The number of nitrogens with one attached hydrogen (secondary N) is 1. The van der Waals surface area contributed by atoms with Gasteiger partial charge in [-0.25, -0.2) is 0 Å². The molecule has 1 unspecified atom stereocenters. The van der Waals surface area contributed by atoms with Gasteiger partial charge in [0.05, 0.1) is 23.5 Å². The highest BCUT2D eigenvalue weighted by Crippen LogP contribution is 2.24. The number of anilines is 2. The Kier molecular flexibility index (Phi) is 5.01. The average molecular weight is 325 g/mol. The topological polar surface area (TPSA) is 90.4 Å². The molecule has 2 aromatic carbocycles. The number of benzene rings is 2. The molecule has 1 heterocycles. The number of nitrogen functional groups attached to an aromatic ring is 2. The van der Waals surface area contributed by atoms with E-state index in [-0.39, 0.29) is 5.78 Å². The summed E-state index contributed by atoms with van der Waals surface area (Å²) in [6, 6.07) is 12.8. The fourth-order valence-corrected chi connectivity index (χ4v) is 2.97. The molecule has 0 aromatic heterocycles. The molecule has 0 amide bonds. The first-order valence-corrected chi connectivity index (χ1v) is 8.30. The summed E-state index contributed by atoms with van der Waals surface area (Å²) >= 11 is 0. The lowest BCUT2D eigenvalue weighted by atomic mass is 10.0. The Bertz CT molecular complexity index is 724. The smallest absolute Gasteiger partial charge is 0.196 e. The molecule has 3 rings (SSSR count). The summed E-state index contributed by atoms with van der Waals surface area (Å²) in [6.45, 7) is 1.67. The Hall–Kier alpha value is -2.53. The molecule has 5 heteroatoms. The Balaban J connectivity index is 1.72. The van der Waals surface area contributed by atoms with Crippen molar-refractivity contribution >= 4 is 17.2 Å². The predicted molar refractivity (Wildman–Crippen MR) is 96.3 cm³/mol. The van der Waals surface area contributed by atoms with Crippen molar-refractivity contribution in [3.63, 3.8) is 0 Å². The maximum atomic E-state index is 12.8. The van der Waals surface area contributed by atoms with Crippen molar-refractivity contribution in [3.8, 4) is 5.75 Å². The van der Waals surface area contributed by atoms with E-state index >= 15 is 0 Å². The molecule has 2 aromatic rings. The van der Waals surface area contributed by atoms with Gasteiger partial charge in [0.1, 0.15) is 5.75 Å². The van der Waals surface area contributed by atoms with Gasteiger partial charge in [0.15, 0.2) is 5.78 Å². The van der Waals surface area contributed by atoms with Crippen LogP contribution >= 0.6 is 0 Å². The molecule has 1 aliphatic heterocycles. The Labute approximate surface area is 142 Å². The third-order valence-corrected chi connectivity index (χ3v) is 4.37. The molecule has 1 saturated heterocycles. The molecule has 24 heavy (non-hydrogen) atoms. The summed E-state index contributed by atoms with van der Waals surface area (Å²) in [5.41, 5.74) is 13.5. The van der Waals surface area contributed by atoms with Crippen LogP contribution < -0.4 is 21.5 Å². The lowest BCUT2D eigenvalue weighted by Crippen LogP contribution is -2.23. The minimum atomic E-state index is -0.115. The van der Waals surface area contributed by atoms with Gasteiger partial charge in [-0.2, -0.15) is 0 Å². The van der Waals surface area contributed by atoms with Crippen LogP contribution in [-0.2, 0) is 0 Å². The molecule has 5 N–H and O–H groups in total. The normalized spacial score (nSPS) is 16.9. The van der Waals surface area contributed by atoms with E-state index in [0.29, 0.717) is 40.9 Å². The number of ether oxygens (including phenoxy) is 1. The molecule has 1 atom stereocenters. The van der Waals surface area contributed by atoms with E-state index < -0.39 is 0 Å². The lowest BCUT2D eigenvalue weighted by molar-refractivity contribution is 0.103. The second-order valence-corrected chi connectivity index (χ2v) is 6.10. The first kappa shape index (κ1) is 16.3. The number of ketones is 1. The van der Waals surface area contributed by atoms with Crippen LogP contribution in [0.25, 0.3) is 0 Å². The number of hydrogen-bond donors (Lipinski definition) is 3. The number of hydrogen-bond acceptors (Lipinski definition) is 5. The summed E-state index contributed by atoms with van der Waals surface area (Å²) in [5.74, 6) is 0.493. The number of carbonyl (C=O) groups is 1. The molecule has 1 aliphatic rings. The van der Waals surface area contributed by atoms with Crippen LogP contribution in [-0.4, -0.2) is 25.0 Å². The quantitative estimate of drug-likeness (QED) is 0.561. The standard InChI is InChI=1S/C19H23N3O2/c20-16-8-7-13(12-17(16)21)19(23)15-5-1-2-6-18(15)24-11-9-14-4-3-10-22-14/h1-2,5-8,12,14,22H,3-4,9-11,20-21H2. The van der Waals surface area contributed by atoms with Crippen LogP contribution in [0.2, 0.25) is 0 Å². The largest absolute Gasteiger partial charge is 0.493 e. The van der Waals surface area contributed by atoms with Crippen LogP contribution in [0.5, 0.6) is 5.75 Å². The van der Waals surface area contributed by atoms with E-state index in [1.165, 1.54) is 12.8 Å².